The van der Waals surface area contributed by atoms with Crippen LogP contribution in [0.1, 0.15) is 11.1 Å². The highest BCUT2D eigenvalue weighted by molar-refractivity contribution is 5.48. The number of aryl methyl sites for hydroxylation is 1. The van der Waals surface area contributed by atoms with Gasteiger partial charge < -0.3 is 4.57 Å². The third-order valence-corrected chi connectivity index (χ3v) is 1.80. The van der Waals surface area contributed by atoms with Crippen molar-refractivity contribution in [3.63, 3.8) is 0 Å². The molecule has 80 valence electrons. The molecule has 0 unspecified atom stereocenters. The van der Waals surface area contributed by atoms with Crippen LogP contribution in [0.3, 0.4) is 0 Å². The molecule has 1 rings (SSSR count). The second-order valence-corrected chi connectivity index (χ2v) is 2.95. The lowest BCUT2D eigenvalue weighted by Gasteiger charge is -2.08. The number of aromatic nitrogens is 1. The quantitative estimate of drug-likeness (QED) is 0.658. The molecule has 0 radical (unpaired) electrons. The van der Waals surface area contributed by atoms with Crippen LogP contribution >= 0.6 is 0 Å². The van der Waals surface area contributed by atoms with Crippen LogP contribution in [0.25, 0.3) is 6.08 Å². The van der Waals surface area contributed by atoms with E-state index in [1.165, 1.54) is 7.05 Å². The lowest BCUT2D eigenvalue weighted by Crippen LogP contribution is -2.21. The van der Waals surface area contributed by atoms with Gasteiger partial charge in [0.05, 0.1) is 5.56 Å². The van der Waals surface area contributed by atoms with Crippen LogP contribution in [0.5, 0.6) is 0 Å². The van der Waals surface area contributed by atoms with Crippen LogP contribution in [0, 0.1) is 0 Å². The fraction of sp³-hybridized carbons (Fsp3) is 0.200. The molecule has 0 spiro atoms. The fourth-order valence-electron chi connectivity index (χ4n) is 1.11. The van der Waals surface area contributed by atoms with E-state index < -0.39 is 17.3 Å². The molecule has 0 fully saturated rings. The van der Waals surface area contributed by atoms with Gasteiger partial charge in [0.1, 0.15) is 0 Å². The van der Waals surface area contributed by atoms with Crippen LogP contribution in [0.15, 0.2) is 29.4 Å². The standard InChI is InChI=1S/C10H8F3NO/c1-3-4-7-5-8(10(11,12)13)6-14(2)9(7)15/h4-6H,1H2,2H3. The van der Waals surface area contributed by atoms with E-state index >= 15 is 0 Å². The number of nitrogens with zero attached hydrogens (tertiary/aromatic N) is 1. The lowest BCUT2D eigenvalue weighted by atomic mass is 10.2. The molecular formula is C10H8F3NO. The first kappa shape index (κ1) is 11.3. The average Bonchev–Trinajstić information content (AvgIpc) is 2.11. The summed E-state index contributed by atoms with van der Waals surface area (Å²) in [5, 5.41) is 0. The van der Waals surface area contributed by atoms with E-state index in [-0.39, 0.29) is 5.56 Å². The third-order valence-electron chi connectivity index (χ3n) is 1.80. The van der Waals surface area contributed by atoms with Crippen molar-refractivity contribution in [2.24, 2.45) is 7.05 Å². The Morgan fingerprint density at radius 1 is 1.53 bits per heavy atom. The Balaban J connectivity index is 3.49. The Kier molecular flexibility index (Phi) is 2.86. The predicted molar refractivity (Wildman–Crippen MR) is 50.3 cm³/mol. The molecular weight excluding hydrogens is 207 g/mol. The zero-order valence-corrected chi connectivity index (χ0v) is 7.93. The van der Waals surface area contributed by atoms with Gasteiger partial charge in [-0.3, -0.25) is 4.79 Å². The Morgan fingerprint density at radius 3 is 2.60 bits per heavy atom. The first-order chi connectivity index (χ1) is 6.86. The normalized spacial score (nSPS) is 10.9. The predicted octanol–water partition coefficient (Wildman–Crippen LogP) is 2.20. The maximum atomic E-state index is 12.4. The minimum absolute atomic E-state index is 0.0812. The summed E-state index contributed by atoms with van der Waals surface area (Å²) in [5.74, 6) is 0. The maximum absolute atomic E-state index is 12.4. The number of hydrogen-bond donors (Lipinski definition) is 0. The zero-order chi connectivity index (χ0) is 11.6. The molecule has 0 amide bonds. The zero-order valence-electron chi connectivity index (χ0n) is 7.93. The van der Waals surface area contributed by atoms with Crippen molar-refractivity contribution in [3.05, 3.63) is 46.1 Å². The van der Waals surface area contributed by atoms with Crippen molar-refractivity contribution in [1.82, 2.24) is 4.57 Å². The van der Waals surface area contributed by atoms with Crippen LogP contribution in [0.2, 0.25) is 0 Å². The number of pyridine rings is 1. The van der Waals surface area contributed by atoms with Crippen molar-refractivity contribution in [2.45, 2.75) is 6.18 Å². The van der Waals surface area contributed by atoms with Crippen molar-refractivity contribution in [2.75, 3.05) is 0 Å². The van der Waals surface area contributed by atoms with Crippen molar-refractivity contribution < 1.29 is 13.2 Å². The molecule has 15 heavy (non-hydrogen) atoms. The summed E-state index contributed by atoms with van der Waals surface area (Å²) < 4.78 is 37.9. The summed E-state index contributed by atoms with van der Waals surface area (Å²) in [7, 11) is 1.26. The Bertz CT molecular complexity index is 478. The molecule has 0 saturated heterocycles. The average molecular weight is 215 g/mol. The Hall–Kier alpha value is -1.74. The van der Waals surface area contributed by atoms with Gasteiger partial charge in [0, 0.05) is 18.8 Å². The summed E-state index contributed by atoms with van der Waals surface area (Å²) in [6.07, 6.45) is -2.59. The number of alkyl halides is 3. The second kappa shape index (κ2) is 3.79. The van der Waals surface area contributed by atoms with Gasteiger partial charge in [0.25, 0.3) is 5.56 Å². The first-order valence-corrected chi connectivity index (χ1v) is 4.00. The second-order valence-electron chi connectivity index (χ2n) is 2.95. The van der Waals surface area contributed by atoms with Crippen LogP contribution in [-0.2, 0) is 13.2 Å². The van der Waals surface area contributed by atoms with E-state index in [1.807, 2.05) is 0 Å². The first-order valence-electron chi connectivity index (χ1n) is 4.00. The highest BCUT2D eigenvalue weighted by atomic mass is 19.4. The van der Waals surface area contributed by atoms with E-state index in [0.29, 0.717) is 0 Å². The van der Waals surface area contributed by atoms with Crippen LogP contribution < -0.4 is 5.56 Å². The summed E-state index contributed by atoms with van der Waals surface area (Å²) in [6, 6.07) is 0.778. The molecule has 0 bridgehead atoms. The number of halogens is 3. The molecule has 0 atom stereocenters. The fourth-order valence-corrected chi connectivity index (χ4v) is 1.11. The molecule has 2 nitrogen and oxygen atoms in total. The molecule has 1 aromatic heterocycles. The van der Waals surface area contributed by atoms with Crippen molar-refractivity contribution >= 4 is 6.08 Å². The third kappa shape index (κ3) is 2.39. The molecule has 0 saturated carbocycles. The molecule has 5 heteroatoms. The van der Waals surface area contributed by atoms with Gasteiger partial charge in [0.15, 0.2) is 0 Å². The van der Waals surface area contributed by atoms with E-state index in [1.54, 1.807) is 0 Å². The van der Waals surface area contributed by atoms with Gasteiger partial charge in [-0.1, -0.05) is 6.58 Å². The molecule has 1 heterocycles. The minimum atomic E-state index is -4.46. The van der Waals surface area contributed by atoms with E-state index in [9.17, 15) is 18.0 Å². The van der Waals surface area contributed by atoms with Crippen molar-refractivity contribution in [1.29, 1.82) is 0 Å². The summed E-state index contributed by atoms with van der Waals surface area (Å²) >= 11 is 0. The van der Waals surface area contributed by atoms with E-state index in [0.717, 1.165) is 22.9 Å². The maximum Gasteiger partial charge on any atom is 0.417 e. The minimum Gasteiger partial charge on any atom is -0.317 e. The molecule has 0 aromatic carbocycles. The summed E-state index contributed by atoms with van der Waals surface area (Å²) in [5.41, 5.74) is 0.810. The summed E-state index contributed by atoms with van der Waals surface area (Å²) in [6.45, 7) is 3.21. The van der Waals surface area contributed by atoms with Crippen LogP contribution in [0.4, 0.5) is 13.2 Å². The largest absolute Gasteiger partial charge is 0.417 e. The van der Waals surface area contributed by atoms with E-state index in [4.69, 9.17) is 0 Å². The SMILES string of the molecule is C=C=Cc1cc(C(F)(F)F)cn(C)c1=O. The molecule has 0 aliphatic rings. The van der Waals surface area contributed by atoms with Gasteiger partial charge in [-0.05, 0) is 12.1 Å². The van der Waals surface area contributed by atoms with Crippen LogP contribution in [-0.4, -0.2) is 4.57 Å². The summed E-state index contributed by atoms with van der Waals surface area (Å²) in [4.78, 5) is 11.3. The lowest BCUT2D eigenvalue weighted by molar-refractivity contribution is -0.138. The van der Waals surface area contributed by atoms with Gasteiger partial charge in [0.2, 0.25) is 0 Å². The highest BCUT2D eigenvalue weighted by Gasteiger charge is 2.31. The molecule has 0 aliphatic carbocycles. The topological polar surface area (TPSA) is 22.0 Å². The Morgan fingerprint density at radius 2 is 2.13 bits per heavy atom. The van der Waals surface area contributed by atoms with Gasteiger partial charge in [-0.2, -0.15) is 13.2 Å². The smallest absolute Gasteiger partial charge is 0.317 e. The van der Waals surface area contributed by atoms with Gasteiger partial charge in [-0.25, -0.2) is 0 Å². The molecule has 0 N–H and O–H groups in total. The highest BCUT2D eigenvalue weighted by Crippen LogP contribution is 2.28. The molecule has 1 aromatic rings. The number of hydrogen-bond acceptors (Lipinski definition) is 1. The van der Waals surface area contributed by atoms with E-state index in [2.05, 4.69) is 12.3 Å². The number of rotatable bonds is 1. The van der Waals surface area contributed by atoms with Crippen molar-refractivity contribution in [3.8, 4) is 0 Å². The molecule has 0 aliphatic heterocycles. The Labute approximate surface area is 84.0 Å². The monoisotopic (exact) mass is 215 g/mol. The van der Waals surface area contributed by atoms with Gasteiger partial charge in [-0.15, -0.1) is 5.73 Å². The van der Waals surface area contributed by atoms with Gasteiger partial charge >= 0.3 is 6.18 Å².